The van der Waals surface area contributed by atoms with Crippen LogP contribution in [0.5, 0.6) is 0 Å². The fraction of sp³-hybridized carbons (Fsp3) is 1.00. The van der Waals surface area contributed by atoms with E-state index >= 15 is 0 Å². The van der Waals surface area contributed by atoms with Crippen molar-refractivity contribution in [2.45, 2.75) is 66.0 Å². The molecule has 2 unspecified atom stereocenters. The van der Waals surface area contributed by atoms with E-state index in [0.29, 0.717) is 17.5 Å². The van der Waals surface area contributed by atoms with Crippen LogP contribution < -0.4 is 5.32 Å². The van der Waals surface area contributed by atoms with Crippen molar-refractivity contribution in [1.82, 2.24) is 10.2 Å². The topological polar surface area (TPSA) is 15.3 Å². The van der Waals surface area contributed by atoms with Crippen LogP contribution in [0.2, 0.25) is 0 Å². The zero-order chi connectivity index (χ0) is 12.2. The van der Waals surface area contributed by atoms with Crippen molar-refractivity contribution in [3.63, 3.8) is 0 Å². The van der Waals surface area contributed by atoms with E-state index in [0.717, 1.165) is 0 Å². The number of hydrogen-bond donors (Lipinski definition) is 1. The summed E-state index contributed by atoms with van der Waals surface area (Å²) in [7, 11) is 0. The molecule has 2 nitrogen and oxygen atoms in total. The molecule has 1 aliphatic heterocycles. The second kappa shape index (κ2) is 6.02. The lowest BCUT2D eigenvalue weighted by Gasteiger charge is -2.38. The fourth-order valence-corrected chi connectivity index (χ4v) is 2.47. The second-order valence-electron chi connectivity index (χ2n) is 6.33. The van der Waals surface area contributed by atoms with Crippen LogP contribution in [0.3, 0.4) is 0 Å². The Morgan fingerprint density at radius 2 is 2.06 bits per heavy atom. The summed E-state index contributed by atoms with van der Waals surface area (Å²) in [4.78, 5) is 2.68. The molecule has 0 aromatic carbocycles. The molecule has 1 saturated heterocycles. The molecule has 0 aromatic heterocycles. The standard InChI is InChI=1S/C14H30N2/c1-6-8-13-11-16(10-7-9-15-13)12(2)14(3,4)5/h12-13,15H,6-11H2,1-5H3. The van der Waals surface area contributed by atoms with Crippen LogP contribution >= 0.6 is 0 Å². The summed E-state index contributed by atoms with van der Waals surface area (Å²) in [5.41, 5.74) is 0.390. The molecule has 0 aromatic rings. The Morgan fingerprint density at radius 1 is 1.38 bits per heavy atom. The summed E-state index contributed by atoms with van der Waals surface area (Å²) in [6.07, 6.45) is 3.89. The maximum absolute atomic E-state index is 3.68. The van der Waals surface area contributed by atoms with Gasteiger partial charge in [0.05, 0.1) is 0 Å². The Hall–Kier alpha value is -0.0800. The lowest BCUT2D eigenvalue weighted by Crippen LogP contribution is -2.46. The van der Waals surface area contributed by atoms with Crippen molar-refractivity contribution in [2.75, 3.05) is 19.6 Å². The minimum atomic E-state index is 0.390. The normalized spacial score (nSPS) is 26.4. The van der Waals surface area contributed by atoms with Gasteiger partial charge in [-0.2, -0.15) is 0 Å². The maximum atomic E-state index is 3.68. The van der Waals surface area contributed by atoms with Crippen LogP contribution in [0.25, 0.3) is 0 Å². The molecule has 0 spiro atoms. The highest BCUT2D eigenvalue weighted by Crippen LogP contribution is 2.25. The van der Waals surface area contributed by atoms with E-state index in [1.165, 1.54) is 38.9 Å². The van der Waals surface area contributed by atoms with Crippen molar-refractivity contribution in [2.24, 2.45) is 5.41 Å². The molecule has 1 fully saturated rings. The number of rotatable bonds is 3. The largest absolute Gasteiger partial charge is 0.313 e. The second-order valence-corrected chi connectivity index (χ2v) is 6.33. The zero-order valence-corrected chi connectivity index (χ0v) is 11.8. The minimum absolute atomic E-state index is 0.390. The summed E-state index contributed by atoms with van der Waals surface area (Å²) in [6, 6.07) is 1.38. The molecule has 0 aliphatic carbocycles. The van der Waals surface area contributed by atoms with Crippen LogP contribution in [-0.4, -0.2) is 36.6 Å². The third-order valence-corrected chi connectivity index (χ3v) is 3.95. The van der Waals surface area contributed by atoms with E-state index in [1.54, 1.807) is 0 Å². The van der Waals surface area contributed by atoms with Crippen LogP contribution in [0.4, 0.5) is 0 Å². The SMILES string of the molecule is CCCC1CN(C(C)C(C)(C)C)CCCN1. The molecule has 1 heterocycles. The molecule has 2 atom stereocenters. The van der Waals surface area contributed by atoms with Crippen LogP contribution in [-0.2, 0) is 0 Å². The lowest BCUT2D eigenvalue weighted by atomic mass is 9.86. The van der Waals surface area contributed by atoms with Gasteiger partial charge in [-0.15, -0.1) is 0 Å². The van der Waals surface area contributed by atoms with Gasteiger partial charge >= 0.3 is 0 Å². The van der Waals surface area contributed by atoms with E-state index in [-0.39, 0.29) is 0 Å². The van der Waals surface area contributed by atoms with Crippen LogP contribution in [0.1, 0.15) is 53.9 Å². The highest BCUT2D eigenvalue weighted by molar-refractivity contribution is 4.84. The summed E-state index contributed by atoms with van der Waals surface area (Å²) < 4.78 is 0. The average Bonchev–Trinajstić information content (AvgIpc) is 2.41. The van der Waals surface area contributed by atoms with Crippen molar-refractivity contribution < 1.29 is 0 Å². The quantitative estimate of drug-likeness (QED) is 0.796. The Kier molecular flexibility index (Phi) is 5.26. The molecule has 1 N–H and O–H groups in total. The van der Waals surface area contributed by atoms with Crippen LogP contribution in [0, 0.1) is 5.41 Å². The zero-order valence-electron chi connectivity index (χ0n) is 11.8. The van der Waals surface area contributed by atoms with Crippen molar-refractivity contribution in [3.8, 4) is 0 Å². The first kappa shape index (κ1) is 14.0. The molecule has 1 rings (SSSR count). The number of hydrogen-bond acceptors (Lipinski definition) is 2. The van der Waals surface area contributed by atoms with Gasteiger partial charge in [0, 0.05) is 18.6 Å². The van der Waals surface area contributed by atoms with Gasteiger partial charge < -0.3 is 5.32 Å². The van der Waals surface area contributed by atoms with Gasteiger partial charge in [0.25, 0.3) is 0 Å². The predicted octanol–water partition coefficient (Wildman–Crippen LogP) is 2.89. The molecule has 1 aliphatic rings. The Morgan fingerprint density at radius 3 is 2.62 bits per heavy atom. The van der Waals surface area contributed by atoms with Gasteiger partial charge in [0.2, 0.25) is 0 Å². The molecular weight excluding hydrogens is 196 g/mol. The Balaban J connectivity index is 2.57. The van der Waals surface area contributed by atoms with Crippen molar-refractivity contribution in [1.29, 1.82) is 0 Å². The first-order chi connectivity index (χ1) is 7.45. The lowest BCUT2D eigenvalue weighted by molar-refractivity contribution is 0.110. The average molecular weight is 226 g/mol. The molecular formula is C14H30N2. The molecule has 0 bridgehead atoms. The fourth-order valence-electron chi connectivity index (χ4n) is 2.47. The first-order valence-electron chi connectivity index (χ1n) is 6.92. The van der Waals surface area contributed by atoms with Crippen molar-refractivity contribution >= 4 is 0 Å². The third-order valence-electron chi connectivity index (χ3n) is 3.95. The van der Waals surface area contributed by atoms with Gasteiger partial charge in [-0.25, -0.2) is 0 Å². The molecule has 0 radical (unpaired) electrons. The monoisotopic (exact) mass is 226 g/mol. The third kappa shape index (κ3) is 4.06. The summed E-state index contributed by atoms with van der Waals surface area (Å²) in [6.45, 7) is 15.4. The summed E-state index contributed by atoms with van der Waals surface area (Å²) in [5.74, 6) is 0. The smallest absolute Gasteiger partial charge is 0.0195 e. The number of nitrogens with zero attached hydrogens (tertiary/aromatic N) is 1. The van der Waals surface area contributed by atoms with E-state index in [1.807, 2.05) is 0 Å². The number of nitrogens with one attached hydrogen (secondary N) is 1. The predicted molar refractivity (Wildman–Crippen MR) is 71.8 cm³/mol. The maximum Gasteiger partial charge on any atom is 0.0195 e. The molecule has 2 heteroatoms. The highest BCUT2D eigenvalue weighted by Gasteiger charge is 2.28. The van der Waals surface area contributed by atoms with Crippen molar-refractivity contribution in [3.05, 3.63) is 0 Å². The molecule has 0 amide bonds. The molecule has 96 valence electrons. The minimum Gasteiger partial charge on any atom is -0.313 e. The van der Waals surface area contributed by atoms with E-state index in [4.69, 9.17) is 0 Å². The molecule has 16 heavy (non-hydrogen) atoms. The van der Waals surface area contributed by atoms with Gasteiger partial charge in [-0.1, -0.05) is 34.1 Å². The van der Waals surface area contributed by atoms with E-state index in [9.17, 15) is 0 Å². The Bertz CT molecular complexity index is 195. The molecule has 0 saturated carbocycles. The highest BCUT2D eigenvalue weighted by atomic mass is 15.2. The van der Waals surface area contributed by atoms with Gasteiger partial charge in [0.1, 0.15) is 0 Å². The first-order valence-corrected chi connectivity index (χ1v) is 6.92. The van der Waals surface area contributed by atoms with Gasteiger partial charge in [-0.3, -0.25) is 4.90 Å². The van der Waals surface area contributed by atoms with Crippen LogP contribution in [0.15, 0.2) is 0 Å². The van der Waals surface area contributed by atoms with Gasteiger partial charge in [0.15, 0.2) is 0 Å². The van der Waals surface area contributed by atoms with E-state index < -0.39 is 0 Å². The van der Waals surface area contributed by atoms with E-state index in [2.05, 4.69) is 44.8 Å². The summed E-state index contributed by atoms with van der Waals surface area (Å²) >= 11 is 0. The van der Waals surface area contributed by atoms with Gasteiger partial charge in [-0.05, 0) is 38.3 Å². The summed E-state index contributed by atoms with van der Waals surface area (Å²) in [5, 5.41) is 3.68. The Labute approximate surface area is 102 Å².